The highest BCUT2D eigenvalue weighted by molar-refractivity contribution is 7.22. The summed E-state index contributed by atoms with van der Waals surface area (Å²) in [6.07, 6.45) is 0.267. The molecule has 2 aromatic carbocycles. The molecular formula is C21H23N3O4S. The van der Waals surface area contributed by atoms with E-state index in [0.29, 0.717) is 23.2 Å². The van der Waals surface area contributed by atoms with Gasteiger partial charge in [-0.05, 0) is 50.0 Å². The lowest BCUT2D eigenvalue weighted by atomic mass is 10.1. The number of hydrogen-bond donors (Lipinski definition) is 0. The number of rotatable bonds is 7. The summed E-state index contributed by atoms with van der Waals surface area (Å²) in [4.78, 5) is 21.7. The Kier molecular flexibility index (Phi) is 5.55. The molecule has 0 unspecified atom stereocenters. The Morgan fingerprint density at radius 3 is 2.76 bits per heavy atom. The first-order valence-corrected chi connectivity index (χ1v) is 10.1. The second-order valence-electron chi connectivity index (χ2n) is 7.04. The Balaban J connectivity index is 1.59. The monoisotopic (exact) mass is 413 g/mol. The van der Waals surface area contributed by atoms with Gasteiger partial charge in [0.15, 0.2) is 16.6 Å². The maximum atomic E-state index is 13.2. The van der Waals surface area contributed by atoms with Crippen molar-refractivity contribution in [1.82, 2.24) is 9.88 Å². The number of thiazole rings is 1. The van der Waals surface area contributed by atoms with Crippen LogP contribution in [0.5, 0.6) is 17.2 Å². The van der Waals surface area contributed by atoms with E-state index in [9.17, 15) is 4.79 Å². The van der Waals surface area contributed by atoms with E-state index < -0.39 is 0 Å². The number of aromatic nitrogens is 1. The number of anilines is 1. The first-order chi connectivity index (χ1) is 14.0. The molecule has 7 nitrogen and oxygen atoms in total. The molecule has 4 rings (SSSR count). The quantitative estimate of drug-likeness (QED) is 0.593. The zero-order chi connectivity index (χ0) is 20.4. The van der Waals surface area contributed by atoms with E-state index in [1.54, 1.807) is 12.0 Å². The van der Waals surface area contributed by atoms with Crippen molar-refractivity contribution in [3.63, 3.8) is 0 Å². The third-order valence-electron chi connectivity index (χ3n) is 4.68. The predicted molar refractivity (Wildman–Crippen MR) is 113 cm³/mol. The minimum atomic E-state index is -0.00302. The Morgan fingerprint density at radius 1 is 1.14 bits per heavy atom. The van der Waals surface area contributed by atoms with Crippen LogP contribution < -0.4 is 19.1 Å². The van der Waals surface area contributed by atoms with Crippen molar-refractivity contribution in [1.29, 1.82) is 0 Å². The molecule has 0 fully saturated rings. The minimum absolute atomic E-state index is 0.00302. The summed E-state index contributed by atoms with van der Waals surface area (Å²) >= 11 is 1.50. The van der Waals surface area contributed by atoms with Crippen LogP contribution in [0.4, 0.5) is 5.13 Å². The van der Waals surface area contributed by atoms with Gasteiger partial charge in [0.1, 0.15) is 5.75 Å². The fourth-order valence-corrected chi connectivity index (χ4v) is 4.12. The summed E-state index contributed by atoms with van der Waals surface area (Å²) in [6, 6.07) is 11.4. The number of benzene rings is 2. The van der Waals surface area contributed by atoms with Gasteiger partial charge in [-0.2, -0.15) is 0 Å². The van der Waals surface area contributed by atoms with Crippen LogP contribution in [0, 0.1) is 0 Å². The van der Waals surface area contributed by atoms with Gasteiger partial charge < -0.3 is 19.1 Å². The number of carbonyl (C=O) groups excluding carboxylic acids is 1. The first-order valence-electron chi connectivity index (χ1n) is 9.31. The van der Waals surface area contributed by atoms with Crippen molar-refractivity contribution >= 4 is 32.6 Å². The van der Waals surface area contributed by atoms with Crippen LogP contribution in [0.1, 0.15) is 5.56 Å². The Morgan fingerprint density at radius 2 is 1.97 bits per heavy atom. The number of hydrogen-bond acceptors (Lipinski definition) is 7. The molecule has 1 aliphatic rings. The third-order valence-corrected chi connectivity index (χ3v) is 5.72. The van der Waals surface area contributed by atoms with Crippen molar-refractivity contribution in [3.8, 4) is 17.2 Å². The van der Waals surface area contributed by atoms with Gasteiger partial charge in [0, 0.05) is 13.1 Å². The fraction of sp³-hybridized carbons (Fsp3) is 0.333. The van der Waals surface area contributed by atoms with Crippen LogP contribution >= 0.6 is 11.3 Å². The van der Waals surface area contributed by atoms with Crippen molar-refractivity contribution < 1.29 is 19.0 Å². The molecule has 0 saturated carbocycles. The van der Waals surface area contributed by atoms with Crippen LogP contribution in [0.2, 0.25) is 0 Å². The molecule has 0 N–H and O–H groups in total. The topological polar surface area (TPSA) is 64.1 Å². The van der Waals surface area contributed by atoms with Crippen molar-refractivity contribution in [2.45, 2.75) is 6.42 Å². The van der Waals surface area contributed by atoms with Gasteiger partial charge in [-0.15, -0.1) is 0 Å². The normalized spacial score (nSPS) is 12.6. The van der Waals surface area contributed by atoms with E-state index in [-0.39, 0.29) is 19.1 Å². The van der Waals surface area contributed by atoms with Crippen molar-refractivity contribution in [2.75, 3.05) is 46.0 Å². The molecule has 0 atom stereocenters. The van der Waals surface area contributed by atoms with Crippen LogP contribution in [0.25, 0.3) is 10.2 Å². The summed E-state index contributed by atoms with van der Waals surface area (Å²) in [7, 11) is 5.62. The SMILES string of the molecule is COc1ccc2nc(N(CCN(C)C)C(=O)Cc3ccc4c(c3)OCO4)sc2c1. The Labute approximate surface area is 173 Å². The summed E-state index contributed by atoms with van der Waals surface area (Å²) in [6.45, 7) is 1.52. The molecule has 1 amide bonds. The van der Waals surface area contributed by atoms with E-state index in [1.807, 2.05) is 50.5 Å². The van der Waals surface area contributed by atoms with Gasteiger partial charge in [0.25, 0.3) is 0 Å². The number of likely N-dealkylation sites (N-methyl/N-ethyl adjacent to an activating group) is 1. The molecule has 1 aromatic heterocycles. The van der Waals surface area contributed by atoms with Gasteiger partial charge >= 0.3 is 0 Å². The molecule has 3 aromatic rings. The van der Waals surface area contributed by atoms with Gasteiger partial charge in [-0.1, -0.05) is 17.4 Å². The van der Waals surface area contributed by atoms with Gasteiger partial charge in [-0.3, -0.25) is 9.69 Å². The summed E-state index contributed by atoms with van der Waals surface area (Å²) in [5, 5.41) is 0.695. The molecular weight excluding hydrogens is 390 g/mol. The minimum Gasteiger partial charge on any atom is -0.497 e. The number of methoxy groups -OCH3 is 1. The smallest absolute Gasteiger partial charge is 0.233 e. The maximum absolute atomic E-state index is 13.2. The Hall–Kier alpha value is -2.84. The summed E-state index contributed by atoms with van der Waals surface area (Å²) in [5.74, 6) is 2.17. The molecule has 2 heterocycles. The number of nitrogens with zero attached hydrogens (tertiary/aromatic N) is 3. The van der Waals surface area contributed by atoms with E-state index >= 15 is 0 Å². The second kappa shape index (κ2) is 8.26. The van der Waals surface area contributed by atoms with Gasteiger partial charge in [0.2, 0.25) is 12.7 Å². The van der Waals surface area contributed by atoms with E-state index in [1.165, 1.54) is 11.3 Å². The highest BCUT2D eigenvalue weighted by atomic mass is 32.1. The van der Waals surface area contributed by atoms with Crippen LogP contribution in [0.3, 0.4) is 0 Å². The molecule has 0 bridgehead atoms. The number of amides is 1. The second-order valence-corrected chi connectivity index (χ2v) is 8.05. The highest BCUT2D eigenvalue weighted by Gasteiger charge is 2.22. The lowest BCUT2D eigenvalue weighted by molar-refractivity contribution is -0.118. The number of fused-ring (bicyclic) bond motifs is 2. The van der Waals surface area contributed by atoms with Crippen LogP contribution in [-0.2, 0) is 11.2 Å². The number of ether oxygens (including phenoxy) is 3. The lowest BCUT2D eigenvalue weighted by Gasteiger charge is -2.22. The highest BCUT2D eigenvalue weighted by Crippen LogP contribution is 2.34. The third kappa shape index (κ3) is 4.28. The summed E-state index contributed by atoms with van der Waals surface area (Å²) in [5.41, 5.74) is 1.74. The van der Waals surface area contributed by atoms with E-state index in [4.69, 9.17) is 19.2 Å². The fourth-order valence-electron chi connectivity index (χ4n) is 3.08. The van der Waals surface area contributed by atoms with Crippen LogP contribution in [-0.4, -0.2) is 56.9 Å². The zero-order valence-corrected chi connectivity index (χ0v) is 17.5. The zero-order valence-electron chi connectivity index (χ0n) is 16.7. The van der Waals surface area contributed by atoms with Crippen molar-refractivity contribution in [3.05, 3.63) is 42.0 Å². The van der Waals surface area contributed by atoms with Gasteiger partial charge in [-0.25, -0.2) is 4.98 Å². The predicted octanol–water partition coefficient (Wildman–Crippen LogP) is 3.17. The average molecular weight is 413 g/mol. The average Bonchev–Trinajstić information content (AvgIpc) is 3.33. The first kappa shape index (κ1) is 19.5. The summed E-state index contributed by atoms with van der Waals surface area (Å²) < 4.78 is 17.1. The van der Waals surface area contributed by atoms with E-state index in [2.05, 4.69) is 4.90 Å². The molecule has 0 spiro atoms. The molecule has 0 aliphatic carbocycles. The van der Waals surface area contributed by atoms with Gasteiger partial charge in [0.05, 0.1) is 23.7 Å². The van der Waals surface area contributed by atoms with Crippen molar-refractivity contribution in [2.24, 2.45) is 0 Å². The molecule has 1 aliphatic heterocycles. The molecule has 152 valence electrons. The number of carbonyl (C=O) groups is 1. The largest absolute Gasteiger partial charge is 0.497 e. The Bertz CT molecular complexity index is 1030. The standard InChI is InChI=1S/C21H23N3O4S/c1-23(2)8-9-24(21-22-16-6-5-15(26-3)12-19(16)29-21)20(25)11-14-4-7-17-18(10-14)28-13-27-17/h4-7,10,12H,8-9,11,13H2,1-3H3. The maximum Gasteiger partial charge on any atom is 0.233 e. The molecule has 8 heteroatoms. The molecule has 29 heavy (non-hydrogen) atoms. The van der Waals surface area contributed by atoms with Crippen LogP contribution in [0.15, 0.2) is 36.4 Å². The molecule has 0 saturated heterocycles. The lowest BCUT2D eigenvalue weighted by Crippen LogP contribution is -2.37. The van der Waals surface area contributed by atoms with E-state index in [0.717, 1.165) is 28.1 Å². The molecule has 0 radical (unpaired) electrons.